The molecule has 31 heavy (non-hydrogen) atoms. The van der Waals surface area contributed by atoms with E-state index in [2.05, 4.69) is 10.3 Å². The van der Waals surface area contributed by atoms with E-state index in [1.54, 1.807) is 31.1 Å². The number of hydrogen-bond acceptors (Lipinski definition) is 7. The lowest BCUT2D eigenvalue weighted by Crippen LogP contribution is -2.36. The predicted octanol–water partition coefficient (Wildman–Crippen LogP) is 2.28. The number of hydrogen-bond donors (Lipinski definition) is 2. The molecular formula is C20H20F2N4O5. The first kappa shape index (κ1) is 20.7. The largest absolute Gasteiger partial charge is 0.491 e. The highest BCUT2D eigenvalue weighted by Crippen LogP contribution is 2.39. The molecule has 2 atom stereocenters. The molecule has 1 aromatic heterocycles. The van der Waals surface area contributed by atoms with Crippen LogP contribution in [0.3, 0.4) is 0 Å². The number of carbonyl (C=O) groups excluding carboxylic acids is 1. The molecule has 1 fully saturated rings. The zero-order valence-electron chi connectivity index (χ0n) is 16.8. The van der Waals surface area contributed by atoms with Crippen molar-refractivity contribution in [2.24, 2.45) is 0 Å². The van der Waals surface area contributed by atoms with Crippen molar-refractivity contribution < 1.29 is 33.0 Å². The van der Waals surface area contributed by atoms with Crippen molar-refractivity contribution in [3.05, 3.63) is 29.8 Å². The Hall–Kier alpha value is -3.59. The van der Waals surface area contributed by atoms with E-state index in [9.17, 15) is 18.4 Å². The number of carboxylic acids is 1. The lowest BCUT2D eigenvalue weighted by atomic mass is 10.1. The predicted molar refractivity (Wildman–Crippen MR) is 106 cm³/mol. The number of carboxylic acid groups (broad SMARTS) is 1. The summed E-state index contributed by atoms with van der Waals surface area (Å²) < 4.78 is 39.8. The summed E-state index contributed by atoms with van der Waals surface area (Å²) in [5, 5.41) is 12.0. The van der Waals surface area contributed by atoms with E-state index in [0.29, 0.717) is 41.7 Å². The Morgan fingerprint density at radius 2 is 2.16 bits per heavy atom. The first-order valence-electron chi connectivity index (χ1n) is 9.60. The van der Waals surface area contributed by atoms with E-state index in [0.717, 1.165) is 4.90 Å². The van der Waals surface area contributed by atoms with Gasteiger partial charge in [0, 0.05) is 11.8 Å². The molecule has 3 heterocycles. The van der Waals surface area contributed by atoms with Gasteiger partial charge in [-0.2, -0.15) is 0 Å². The van der Waals surface area contributed by atoms with Crippen LogP contribution in [0.4, 0.5) is 20.3 Å². The number of aliphatic carboxylic acids is 1. The van der Waals surface area contributed by atoms with Crippen LogP contribution in [0.5, 0.6) is 5.75 Å². The Bertz CT molecular complexity index is 1080. The number of anilines is 2. The molecule has 2 aromatic rings. The highest BCUT2D eigenvalue weighted by molar-refractivity contribution is 5.78. The van der Waals surface area contributed by atoms with E-state index in [1.807, 2.05) is 4.57 Å². The summed E-state index contributed by atoms with van der Waals surface area (Å²) in [6.45, 7) is 3.61. The molecule has 9 nitrogen and oxygen atoms in total. The zero-order valence-corrected chi connectivity index (χ0v) is 16.8. The average Bonchev–Trinajstić information content (AvgIpc) is 3.24. The number of nitrogens with one attached hydrogen (secondary N) is 1. The molecule has 0 aliphatic carbocycles. The number of fused-ring (bicyclic) bond motifs is 3. The standard InChI is InChI=1S/C20H20F2N4O5/c1-10(20(28)29)23-12-3-4-13-15(7-12)30-6-5-25-11(2)18(24-19(13)25)26-14(17(21)22)9-31-16(26)8-27/h3-4,7,10,14,17,23H,5-6,9H2,1-2H3,(H,28,29)/t10?,14-/m0/s1. The Labute approximate surface area is 175 Å². The fraction of sp³-hybridized carbons (Fsp3) is 0.400. The van der Waals surface area contributed by atoms with Crippen molar-refractivity contribution in [1.82, 2.24) is 9.55 Å². The van der Waals surface area contributed by atoms with Crippen molar-refractivity contribution in [2.75, 3.05) is 23.4 Å². The van der Waals surface area contributed by atoms with Gasteiger partial charge in [0.2, 0.25) is 0 Å². The maximum atomic E-state index is 13.5. The topological polar surface area (TPSA) is 106 Å². The van der Waals surface area contributed by atoms with Crippen molar-refractivity contribution in [3.8, 4) is 17.1 Å². The van der Waals surface area contributed by atoms with Crippen LogP contribution in [0.15, 0.2) is 24.1 Å². The van der Waals surface area contributed by atoms with E-state index >= 15 is 0 Å². The molecule has 0 amide bonds. The van der Waals surface area contributed by atoms with Crippen LogP contribution in [-0.4, -0.2) is 58.3 Å². The van der Waals surface area contributed by atoms with Gasteiger partial charge < -0.3 is 24.5 Å². The van der Waals surface area contributed by atoms with Crippen LogP contribution >= 0.6 is 0 Å². The maximum Gasteiger partial charge on any atom is 0.325 e. The fourth-order valence-corrected chi connectivity index (χ4v) is 3.68. The minimum absolute atomic E-state index is 0.200. The SMILES string of the molecule is Cc1c(N2C(=C=O)OC[C@H]2C(F)F)nc2n1CCOc1cc(NC(C)C(=O)O)ccc1-2. The summed E-state index contributed by atoms with van der Waals surface area (Å²) in [6, 6.07) is 2.95. The lowest BCUT2D eigenvalue weighted by Gasteiger charge is -2.21. The average molecular weight is 434 g/mol. The van der Waals surface area contributed by atoms with Gasteiger partial charge in [0.05, 0.1) is 17.8 Å². The maximum absolute atomic E-state index is 13.5. The Morgan fingerprint density at radius 1 is 1.39 bits per heavy atom. The number of halogens is 2. The summed E-state index contributed by atoms with van der Waals surface area (Å²) in [5.74, 6) is 1.43. The third-order valence-corrected chi connectivity index (χ3v) is 5.29. The normalized spacial score (nSPS) is 18.4. The third kappa shape index (κ3) is 3.57. The number of alkyl halides is 2. The van der Waals surface area contributed by atoms with Gasteiger partial charge >= 0.3 is 5.97 Å². The molecule has 2 aliphatic rings. The van der Waals surface area contributed by atoms with Gasteiger partial charge in [-0.3, -0.25) is 9.69 Å². The number of benzene rings is 1. The van der Waals surface area contributed by atoms with Crippen LogP contribution in [0.1, 0.15) is 12.6 Å². The van der Waals surface area contributed by atoms with Gasteiger partial charge in [-0.1, -0.05) is 0 Å². The van der Waals surface area contributed by atoms with Gasteiger partial charge in [0.15, 0.2) is 11.8 Å². The Kier molecular flexibility index (Phi) is 5.28. The molecule has 11 heteroatoms. The molecule has 0 saturated carbocycles. The molecule has 0 radical (unpaired) electrons. The summed E-state index contributed by atoms with van der Waals surface area (Å²) >= 11 is 0. The molecule has 0 spiro atoms. The highest BCUT2D eigenvalue weighted by Gasteiger charge is 2.41. The fourth-order valence-electron chi connectivity index (χ4n) is 3.68. The summed E-state index contributed by atoms with van der Waals surface area (Å²) in [6.07, 6.45) is -2.74. The third-order valence-electron chi connectivity index (χ3n) is 5.29. The van der Waals surface area contributed by atoms with Crippen LogP contribution in [-0.2, 0) is 20.9 Å². The first-order chi connectivity index (χ1) is 14.8. The molecule has 4 rings (SSSR count). The molecule has 2 N–H and O–H groups in total. The minimum atomic E-state index is -2.74. The quantitative estimate of drug-likeness (QED) is 0.691. The summed E-state index contributed by atoms with van der Waals surface area (Å²) in [5.41, 5.74) is 1.75. The van der Waals surface area contributed by atoms with Gasteiger partial charge in [-0.15, -0.1) is 0 Å². The first-order valence-corrected chi connectivity index (χ1v) is 9.60. The molecule has 164 valence electrons. The number of imidazole rings is 1. The van der Waals surface area contributed by atoms with Crippen molar-refractivity contribution in [2.45, 2.75) is 38.9 Å². The van der Waals surface area contributed by atoms with Crippen LogP contribution in [0.2, 0.25) is 0 Å². The van der Waals surface area contributed by atoms with Gasteiger partial charge in [-0.25, -0.2) is 18.6 Å². The molecule has 2 aliphatic heterocycles. The minimum Gasteiger partial charge on any atom is -0.491 e. The number of rotatable bonds is 5. The number of carbonyl (C=O) groups is 1. The Morgan fingerprint density at radius 3 is 2.84 bits per heavy atom. The van der Waals surface area contributed by atoms with Crippen LogP contribution in [0, 0.1) is 6.92 Å². The summed E-state index contributed by atoms with van der Waals surface area (Å²) in [7, 11) is 0. The van der Waals surface area contributed by atoms with Gasteiger partial charge in [-0.05, 0) is 26.0 Å². The van der Waals surface area contributed by atoms with Crippen molar-refractivity contribution >= 4 is 23.4 Å². The van der Waals surface area contributed by atoms with E-state index < -0.39 is 24.5 Å². The monoisotopic (exact) mass is 434 g/mol. The van der Waals surface area contributed by atoms with Gasteiger partial charge in [0.25, 0.3) is 12.3 Å². The van der Waals surface area contributed by atoms with E-state index in [-0.39, 0.29) is 18.3 Å². The smallest absolute Gasteiger partial charge is 0.325 e. The molecule has 0 bridgehead atoms. The van der Waals surface area contributed by atoms with Crippen molar-refractivity contribution in [1.29, 1.82) is 0 Å². The van der Waals surface area contributed by atoms with Gasteiger partial charge in [0.1, 0.15) is 36.9 Å². The molecule has 1 unspecified atom stereocenters. The lowest BCUT2D eigenvalue weighted by molar-refractivity contribution is -0.137. The van der Waals surface area contributed by atoms with Crippen LogP contribution < -0.4 is 15.0 Å². The second-order valence-corrected chi connectivity index (χ2v) is 7.25. The second-order valence-electron chi connectivity index (χ2n) is 7.25. The van der Waals surface area contributed by atoms with E-state index in [4.69, 9.17) is 14.6 Å². The number of ether oxygens (including phenoxy) is 2. The number of nitrogens with zero attached hydrogens (tertiary/aromatic N) is 3. The zero-order chi connectivity index (χ0) is 22.3. The van der Waals surface area contributed by atoms with Crippen LogP contribution in [0.25, 0.3) is 11.4 Å². The Balaban J connectivity index is 1.76. The molecule has 1 saturated heterocycles. The highest BCUT2D eigenvalue weighted by atomic mass is 19.3. The number of aromatic nitrogens is 2. The molecule has 1 aromatic carbocycles. The molecular weight excluding hydrogens is 414 g/mol. The van der Waals surface area contributed by atoms with Crippen molar-refractivity contribution in [3.63, 3.8) is 0 Å². The second kappa shape index (κ2) is 7.92. The van der Waals surface area contributed by atoms with E-state index in [1.165, 1.54) is 6.92 Å². The summed E-state index contributed by atoms with van der Waals surface area (Å²) in [4.78, 5) is 28.0.